The summed E-state index contributed by atoms with van der Waals surface area (Å²) in [4.78, 5) is 27.5. The van der Waals surface area contributed by atoms with Crippen LogP contribution in [0, 0.1) is 0 Å². The average Bonchev–Trinajstić information content (AvgIpc) is 2.85. The zero-order chi connectivity index (χ0) is 26.2. The van der Waals surface area contributed by atoms with Crippen molar-refractivity contribution in [2.45, 2.75) is 25.9 Å². The maximum Gasteiger partial charge on any atom is 0.244 e. The number of likely N-dealkylation sites (N-methyl/N-ethyl adjacent to an activating group) is 1. The quantitative estimate of drug-likeness (QED) is 0.468. The standard InChI is InChI=1S/C24H33N3O7S/c1-7-20(24(29)25-2)26(15-17-8-11-19(32-3)12-9-17)23(28)16-27(35(6,30)31)18-10-13-21(33-4)22(14-18)34-5/h8-14,20H,7,15-16H2,1-6H3,(H,25,29)/t20-/m0/s1. The van der Waals surface area contributed by atoms with Crippen molar-refractivity contribution in [1.29, 1.82) is 0 Å². The molecule has 0 fully saturated rings. The molecule has 0 saturated heterocycles. The second-order valence-electron chi connectivity index (χ2n) is 7.72. The van der Waals surface area contributed by atoms with Crippen LogP contribution < -0.4 is 23.8 Å². The van der Waals surface area contributed by atoms with Gasteiger partial charge in [0.1, 0.15) is 18.3 Å². The summed E-state index contributed by atoms with van der Waals surface area (Å²) in [5.74, 6) is 0.519. The van der Waals surface area contributed by atoms with E-state index in [1.807, 2.05) is 0 Å². The molecular formula is C24H33N3O7S. The maximum atomic E-state index is 13.6. The number of methoxy groups -OCH3 is 3. The van der Waals surface area contributed by atoms with Crippen LogP contribution in [0.25, 0.3) is 0 Å². The van der Waals surface area contributed by atoms with Crippen molar-refractivity contribution in [3.63, 3.8) is 0 Å². The summed E-state index contributed by atoms with van der Waals surface area (Å²) in [6, 6.07) is 10.9. The highest BCUT2D eigenvalue weighted by molar-refractivity contribution is 7.92. The molecule has 11 heteroatoms. The van der Waals surface area contributed by atoms with Gasteiger partial charge in [0.25, 0.3) is 0 Å². The van der Waals surface area contributed by atoms with Crippen molar-refractivity contribution < 1.29 is 32.2 Å². The van der Waals surface area contributed by atoms with Crippen molar-refractivity contribution in [3.8, 4) is 17.2 Å². The lowest BCUT2D eigenvalue weighted by molar-refractivity contribution is -0.140. The lowest BCUT2D eigenvalue weighted by atomic mass is 10.1. The first-order chi connectivity index (χ1) is 16.6. The van der Waals surface area contributed by atoms with Crippen LogP contribution in [-0.2, 0) is 26.2 Å². The summed E-state index contributed by atoms with van der Waals surface area (Å²) in [6.07, 6.45) is 1.36. The van der Waals surface area contributed by atoms with Gasteiger partial charge in [0.05, 0.1) is 33.3 Å². The van der Waals surface area contributed by atoms with E-state index in [0.717, 1.165) is 16.1 Å². The summed E-state index contributed by atoms with van der Waals surface area (Å²) in [5.41, 5.74) is 0.995. The molecule has 10 nitrogen and oxygen atoms in total. The topological polar surface area (TPSA) is 114 Å². The van der Waals surface area contributed by atoms with E-state index < -0.39 is 28.5 Å². The molecule has 1 atom stereocenters. The van der Waals surface area contributed by atoms with Gasteiger partial charge in [-0.2, -0.15) is 0 Å². The molecule has 0 aliphatic heterocycles. The Hall–Kier alpha value is -3.47. The molecule has 0 aliphatic rings. The van der Waals surface area contributed by atoms with Crippen molar-refractivity contribution in [2.24, 2.45) is 0 Å². The third kappa shape index (κ3) is 7.01. The minimum absolute atomic E-state index is 0.109. The number of hydrogen-bond acceptors (Lipinski definition) is 7. The maximum absolute atomic E-state index is 13.6. The molecule has 2 amide bonds. The van der Waals surface area contributed by atoms with E-state index in [-0.39, 0.29) is 18.1 Å². The van der Waals surface area contributed by atoms with Gasteiger partial charge in [-0.25, -0.2) is 8.42 Å². The normalized spacial score (nSPS) is 11.8. The summed E-state index contributed by atoms with van der Waals surface area (Å²) < 4.78 is 42.1. The third-order valence-electron chi connectivity index (χ3n) is 5.48. The Balaban J connectivity index is 2.45. The number of carbonyl (C=O) groups is 2. The van der Waals surface area contributed by atoms with Gasteiger partial charge in [-0.15, -0.1) is 0 Å². The van der Waals surface area contributed by atoms with Crippen LogP contribution >= 0.6 is 0 Å². The molecule has 0 unspecified atom stereocenters. The summed E-state index contributed by atoms with van der Waals surface area (Å²) >= 11 is 0. The minimum Gasteiger partial charge on any atom is -0.497 e. The lowest BCUT2D eigenvalue weighted by Gasteiger charge is -2.32. The molecular weight excluding hydrogens is 474 g/mol. The van der Waals surface area contributed by atoms with Crippen molar-refractivity contribution in [1.82, 2.24) is 10.2 Å². The molecule has 0 heterocycles. The van der Waals surface area contributed by atoms with E-state index in [1.54, 1.807) is 44.4 Å². The first-order valence-corrected chi connectivity index (χ1v) is 12.8. The van der Waals surface area contributed by atoms with E-state index in [0.29, 0.717) is 23.7 Å². The van der Waals surface area contributed by atoms with Gasteiger partial charge in [0, 0.05) is 19.7 Å². The number of nitrogens with one attached hydrogen (secondary N) is 1. The van der Waals surface area contributed by atoms with Gasteiger partial charge >= 0.3 is 0 Å². The predicted octanol–water partition coefficient (Wildman–Crippen LogP) is 2.03. The van der Waals surface area contributed by atoms with Gasteiger partial charge in [-0.05, 0) is 36.2 Å². The number of anilines is 1. The number of ether oxygens (including phenoxy) is 3. The van der Waals surface area contributed by atoms with Crippen molar-refractivity contribution in [2.75, 3.05) is 45.5 Å². The van der Waals surface area contributed by atoms with Crippen LogP contribution in [0.3, 0.4) is 0 Å². The smallest absolute Gasteiger partial charge is 0.244 e. The molecule has 2 aromatic carbocycles. The van der Waals surface area contributed by atoms with Gasteiger partial charge < -0.3 is 24.4 Å². The number of hydrogen-bond donors (Lipinski definition) is 1. The number of rotatable bonds is 12. The van der Waals surface area contributed by atoms with Crippen LogP contribution in [-0.4, -0.2) is 72.4 Å². The Morgan fingerprint density at radius 1 is 0.971 bits per heavy atom. The van der Waals surface area contributed by atoms with E-state index >= 15 is 0 Å². The van der Waals surface area contributed by atoms with Crippen LogP contribution in [0.4, 0.5) is 5.69 Å². The Morgan fingerprint density at radius 2 is 1.60 bits per heavy atom. The Kier molecular flexibility index (Phi) is 9.76. The van der Waals surface area contributed by atoms with E-state index in [9.17, 15) is 18.0 Å². The number of sulfonamides is 1. The van der Waals surface area contributed by atoms with Crippen molar-refractivity contribution in [3.05, 3.63) is 48.0 Å². The number of amides is 2. The van der Waals surface area contributed by atoms with E-state index in [1.165, 1.54) is 38.3 Å². The summed E-state index contributed by atoms with van der Waals surface area (Å²) in [5, 5.41) is 2.58. The predicted molar refractivity (Wildman–Crippen MR) is 133 cm³/mol. The van der Waals surface area contributed by atoms with Gasteiger partial charge in [-0.1, -0.05) is 19.1 Å². The van der Waals surface area contributed by atoms with E-state index in [2.05, 4.69) is 5.32 Å². The fourth-order valence-electron chi connectivity index (χ4n) is 3.61. The van der Waals surface area contributed by atoms with Gasteiger partial charge in [0.2, 0.25) is 21.8 Å². The third-order valence-corrected chi connectivity index (χ3v) is 6.62. The molecule has 0 bridgehead atoms. The fourth-order valence-corrected chi connectivity index (χ4v) is 4.45. The number of benzene rings is 2. The highest BCUT2D eigenvalue weighted by Crippen LogP contribution is 2.32. The number of nitrogens with zero attached hydrogens (tertiary/aromatic N) is 2. The molecule has 35 heavy (non-hydrogen) atoms. The second kappa shape index (κ2) is 12.3. The summed E-state index contributed by atoms with van der Waals surface area (Å²) in [6.45, 7) is 1.40. The first kappa shape index (κ1) is 27.8. The lowest BCUT2D eigenvalue weighted by Crippen LogP contribution is -2.51. The number of carbonyl (C=O) groups excluding carboxylic acids is 2. The molecule has 0 radical (unpaired) electrons. The fraction of sp³-hybridized carbons (Fsp3) is 0.417. The molecule has 0 spiro atoms. The minimum atomic E-state index is -3.86. The molecule has 1 N–H and O–H groups in total. The van der Waals surface area contributed by atoms with Crippen LogP contribution in [0.2, 0.25) is 0 Å². The molecule has 2 aromatic rings. The van der Waals surface area contributed by atoms with Crippen molar-refractivity contribution >= 4 is 27.5 Å². The molecule has 192 valence electrons. The first-order valence-electron chi connectivity index (χ1n) is 10.9. The monoisotopic (exact) mass is 507 g/mol. The Labute approximate surface area is 206 Å². The zero-order valence-corrected chi connectivity index (χ0v) is 21.7. The highest BCUT2D eigenvalue weighted by Gasteiger charge is 2.31. The summed E-state index contributed by atoms with van der Waals surface area (Å²) in [7, 11) is 2.09. The van der Waals surface area contributed by atoms with Crippen LogP contribution in [0.1, 0.15) is 18.9 Å². The average molecular weight is 508 g/mol. The zero-order valence-electron chi connectivity index (χ0n) is 20.9. The van der Waals surface area contributed by atoms with Crippen LogP contribution in [0.5, 0.6) is 17.2 Å². The molecule has 0 saturated carbocycles. The molecule has 0 aromatic heterocycles. The van der Waals surface area contributed by atoms with Gasteiger partial charge in [0.15, 0.2) is 11.5 Å². The molecule has 2 rings (SSSR count). The van der Waals surface area contributed by atoms with Gasteiger partial charge in [-0.3, -0.25) is 13.9 Å². The molecule has 0 aliphatic carbocycles. The van der Waals surface area contributed by atoms with E-state index in [4.69, 9.17) is 14.2 Å². The second-order valence-corrected chi connectivity index (χ2v) is 9.62. The SMILES string of the molecule is CC[C@@H](C(=O)NC)N(Cc1ccc(OC)cc1)C(=O)CN(c1ccc(OC)c(OC)c1)S(C)(=O)=O. The highest BCUT2D eigenvalue weighted by atomic mass is 32.2. The largest absolute Gasteiger partial charge is 0.497 e. The Morgan fingerprint density at radius 3 is 2.09 bits per heavy atom. The van der Waals surface area contributed by atoms with Crippen LogP contribution in [0.15, 0.2) is 42.5 Å². The Bertz CT molecular complexity index is 1120.